The Bertz CT molecular complexity index is 164. The summed E-state index contributed by atoms with van der Waals surface area (Å²) in [6, 6.07) is 0. The maximum atomic E-state index is 6.01. The fraction of sp³-hybridized carbons (Fsp3) is 1.00. The third kappa shape index (κ3) is 2.24. The molecule has 2 rings (SSSR count). The molecule has 2 heterocycles. The zero-order valence-corrected chi connectivity index (χ0v) is 9.22. The number of halogens is 1. The van der Waals surface area contributed by atoms with Crippen molar-refractivity contribution in [3.8, 4) is 0 Å². The summed E-state index contributed by atoms with van der Waals surface area (Å²) in [5.41, 5.74) is 0.00664. The second kappa shape index (κ2) is 4.26. The van der Waals surface area contributed by atoms with Gasteiger partial charge in [0.15, 0.2) is 0 Å². The summed E-state index contributed by atoms with van der Waals surface area (Å²) in [5, 5.41) is 0.903. The van der Waals surface area contributed by atoms with Gasteiger partial charge in [-0.2, -0.15) is 0 Å². The van der Waals surface area contributed by atoms with Crippen LogP contribution in [0.4, 0.5) is 0 Å². The predicted octanol–water partition coefficient (Wildman–Crippen LogP) is 1.35. The highest BCUT2D eigenvalue weighted by Crippen LogP contribution is 2.30. The fourth-order valence-corrected chi connectivity index (χ4v) is 2.35. The van der Waals surface area contributed by atoms with Gasteiger partial charge in [-0.1, -0.05) is 15.9 Å². The molecule has 0 aromatic carbocycles. The summed E-state index contributed by atoms with van der Waals surface area (Å²) in [6.07, 6.45) is 2.30. The molecule has 0 aliphatic carbocycles. The van der Waals surface area contributed by atoms with Gasteiger partial charge in [0.2, 0.25) is 0 Å². The normalized spacial score (nSPS) is 28.4. The molecule has 0 bridgehead atoms. The Morgan fingerprint density at radius 2 is 1.92 bits per heavy atom. The monoisotopic (exact) mass is 250 g/mol. The molecule has 2 aliphatic heterocycles. The van der Waals surface area contributed by atoms with Gasteiger partial charge in [0.25, 0.3) is 0 Å². The summed E-state index contributed by atoms with van der Waals surface area (Å²) in [7, 11) is 0. The lowest BCUT2D eigenvalue weighted by Crippen LogP contribution is -2.49. The molecular formula is C9H15BrO3. The maximum absolute atomic E-state index is 6.01. The van der Waals surface area contributed by atoms with Crippen molar-refractivity contribution in [1.82, 2.24) is 0 Å². The molecule has 0 atom stereocenters. The third-order valence-corrected chi connectivity index (χ3v) is 3.69. The minimum absolute atomic E-state index is 0.00664. The van der Waals surface area contributed by atoms with Crippen molar-refractivity contribution in [3.05, 3.63) is 0 Å². The molecular weight excluding hydrogens is 236 g/mol. The molecule has 0 aromatic rings. The molecule has 0 saturated carbocycles. The predicted molar refractivity (Wildman–Crippen MR) is 52.3 cm³/mol. The van der Waals surface area contributed by atoms with Crippen LogP contribution in [0.2, 0.25) is 0 Å². The Morgan fingerprint density at radius 3 is 2.38 bits per heavy atom. The largest absolute Gasteiger partial charge is 0.381 e. The van der Waals surface area contributed by atoms with Crippen LogP contribution in [0.5, 0.6) is 0 Å². The summed E-state index contributed by atoms with van der Waals surface area (Å²) in [6.45, 7) is 3.16. The summed E-state index contributed by atoms with van der Waals surface area (Å²) in [5.74, 6) is 0. The molecule has 2 saturated heterocycles. The van der Waals surface area contributed by atoms with Gasteiger partial charge in [0, 0.05) is 31.4 Å². The van der Waals surface area contributed by atoms with Gasteiger partial charge < -0.3 is 14.2 Å². The first-order valence-corrected chi connectivity index (χ1v) is 5.86. The van der Waals surface area contributed by atoms with Crippen LogP contribution in [-0.2, 0) is 14.2 Å². The minimum Gasteiger partial charge on any atom is -0.381 e. The van der Waals surface area contributed by atoms with E-state index in [0.29, 0.717) is 6.10 Å². The Balaban J connectivity index is 1.88. The Labute approximate surface area is 86.9 Å². The lowest BCUT2D eigenvalue weighted by molar-refractivity contribution is -0.204. The van der Waals surface area contributed by atoms with E-state index in [1.807, 2.05) is 0 Å². The van der Waals surface area contributed by atoms with Crippen LogP contribution in [0.15, 0.2) is 0 Å². The van der Waals surface area contributed by atoms with E-state index in [1.165, 1.54) is 0 Å². The topological polar surface area (TPSA) is 27.7 Å². The van der Waals surface area contributed by atoms with E-state index in [-0.39, 0.29) is 5.60 Å². The van der Waals surface area contributed by atoms with Crippen LogP contribution in [0.1, 0.15) is 12.8 Å². The zero-order chi connectivity index (χ0) is 9.15. The van der Waals surface area contributed by atoms with Crippen molar-refractivity contribution in [2.75, 3.05) is 31.8 Å². The smallest absolute Gasteiger partial charge is 0.105 e. The average molecular weight is 251 g/mol. The van der Waals surface area contributed by atoms with Crippen LogP contribution in [0, 0.1) is 0 Å². The van der Waals surface area contributed by atoms with Gasteiger partial charge in [0.1, 0.15) is 6.10 Å². The van der Waals surface area contributed by atoms with Crippen molar-refractivity contribution in [1.29, 1.82) is 0 Å². The molecule has 0 spiro atoms. The second-order valence-corrected chi connectivity index (χ2v) is 4.27. The SMILES string of the molecule is BrCC1(OC2COC2)CCOCC1. The summed E-state index contributed by atoms with van der Waals surface area (Å²) < 4.78 is 16.4. The van der Waals surface area contributed by atoms with Crippen LogP contribution >= 0.6 is 15.9 Å². The molecule has 0 amide bonds. The average Bonchev–Trinajstić information content (AvgIpc) is 2.13. The molecule has 0 unspecified atom stereocenters. The van der Waals surface area contributed by atoms with Gasteiger partial charge >= 0.3 is 0 Å². The molecule has 0 radical (unpaired) electrons. The van der Waals surface area contributed by atoms with Crippen molar-refractivity contribution in [2.24, 2.45) is 0 Å². The first-order valence-electron chi connectivity index (χ1n) is 4.74. The summed E-state index contributed by atoms with van der Waals surface area (Å²) >= 11 is 3.53. The number of hydrogen-bond acceptors (Lipinski definition) is 3. The molecule has 3 nitrogen and oxygen atoms in total. The van der Waals surface area contributed by atoms with Crippen molar-refractivity contribution < 1.29 is 14.2 Å². The maximum Gasteiger partial charge on any atom is 0.105 e. The lowest BCUT2D eigenvalue weighted by Gasteiger charge is -2.41. The summed E-state index contributed by atoms with van der Waals surface area (Å²) in [4.78, 5) is 0. The Kier molecular flexibility index (Phi) is 3.24. The number of hydrogen-bond donors (Lipinski definition) is 0. The molecule has 0 aromatic heterocycles. The molecule has 2 aliphatic rings. The molecule has 4 heteroatoms. The van der Waals surface area contributed by atoms with Gasteiger partial charge in [-0.25, -0.2) is 0 Å². The number of ether oxygens (including phenoxy) is 3. The van der Waals surface area contributed by atoms with E-state index in [0.717, 1.165) is 44.6 Å². The van der Waals surface area contributed by atoms with E-state index >= 15 is 0 Å². The highest BCUT2D eigenvalue weighted by Gasteiger charge is 2.37. The van der Waals surface area contributed by atoms with Crippen molar-refractivity contribution >= 4 is 15.9 Å². The quantitative estimate of drug-likeness (QED) is 0.708. The first-order chi connectivity index (χ1) is 6.35. The highest BCUT2D eigenvalue weighted by molar-refractivity contribution is 9.09. The van der Waals surface area contributed by atoms with E-state index in [1.54, 1.807) is 0 Å². The van der Waals surface area contributed by atoms with Crippen LogP contribution < -0.4 is 0 Å². The van der Waals surface area contributed by atoms with Crippen molar-refractivity contribution in [3.63, 3.8) is 0 Å². The Morgan fingerprint density at radius 1 is 1.23 bits per heavy atom. The van der Waals surface area contributed by atoms with Gasteiger partial charge in [-0.15, -0.1) is 0 Å². The fourth-order valence-electron chi connectivity index (χ4n) is 1.66. The van der Waals surface area contributed by atoms with E-state index in [4.69, 9.17) is 14.2 Å². The number of rotatable bonds is 3. The van der Waals surface area contributed by atoms with Gasteiger partial charge in [0.05, 0.1) is 18.8 Å². The molecule has 2 fully saturated rings. The second-order valence-electron chi connectivity index (χ2n) is 3.71. The standard InChI is InChI=1S/C9H15BrO3/c10-7-9(1-3-11-4-2-9)13-8-5-12-6-8/h8H,1-7H2. The van der Waals surface area contributed by atoms with E-state index < -0.39 is 0 Å². The van der Waals surface area contributed by atoms with Crippen LogP contribution in [0.25, 0.3) is 0 Å². The third-order valence-electron chi connectivity index (χ3n) is 2.67. The first kappa shape index (κ1) is 9.90. The zero-order valence-electron chi connectivity index (χ0n) is 7.63. The Hall–Kier alpha value is 0.360. The van der Waals surface area contributed by atoms with Crippen LogP contribution in [-0.4, -0.2) is 43.5 Å². The molecule has 13 heavy (non-hydrogen) atoms. The molecule has 76 valence electrons. The van der Waals surface area contributed by atoms with Crippen LogP contribution in [0.3, 0.4) is 0 Å². The number of alkyl halides is 1. The van der Waals surface area contributed by atoms with Gasteiger partial charge in [-0.3, -0.25) is 0 Å². The molecule has 0 N–H and O–H groups in total. The van der Waals surface area contributed by atoms with E-state index in [9.17, 15) is 0 Å². The highest BCUT2D eigenvalue weighted by atomic mass is 79.9. The van der Waals surface area contributed by atoms with Crippen molar-refractivity contribution in [2.45, 2.75) is 24.5 Å². The minimum atomic E-state index is 0.00664. The lowest BCUT2D eigenvalue weighted by atomic mass is 9.96. The van der Waals surface area contributed by atoms with E-state index in [2.05, 4.69) is 15.9 Å². The van der Waals surface area contributed by atoms with Gasteiger partial charge in [-0.05, 0) is 0 Å².